The number of rotatable bonds is 2. The Kier molecular flexibility index (Phi) is 5.48. The van der Waals surface area contributed by atoms with Gasteiger partial charge in [0.2, 0.25) is 5.91 Å². The molecule has 8 rings (SSSR count). The Hall–Kier alpha value is -3.92. The maximum atomic E-state index is 14.5. The summed E-state index contributed by atoms with van der Waals surface area (Å²) in [4.78, 5) is 46.5. The average molecular weight is 615 g/mol. The van der Waals surface area contributed by atoms with Crippen molar-refractivity contribution >= 4 is 44.1 Å². The van der Waals surface area contributed by atoms with Gasteiger partial charge in [0, 0.05) is 95.3 Å². The van der Waals surface area contributed by atoms with Crippen molar-refractivity contribution in [3.8, 4) is 0 Å². The summed E-state index contributed by atoms with van der Waals surface area (Å²) in [5.41, 5.74) is 6.32. The minimum atomic E-state index is -0.363. The van der Waals surface area contributed by atoms with Gasteiger partial charge in [0.25, 0.3) is 11.2 Å². The third kappa shape index (κ3) is 3.72. The van der Waals surface area contributed by atoms with Gasteiger partial charge in [0.05, 0.1) is 16.4 Å². The molecule has 6 heterocycles. The first-order valence-corrected chi connectivity index (χ1v) is 15.0. The van der Waals surface area contributed by atoms with Gasteiger partial charge in [-0.2, -0.15) is 0 Å². The number of piperidine rings is 1. The van der Waals surface area contributed by atoms with Crippen LogP contribution in [-0.4, -0.2) is 44.4 Å². The third-order valence-corrected chi connectivity index (χ3v) is 10.5. The van der Waals surface area contributed by atoms with E-state index >= 15 is 0 Å². The molecular formula is C31H28BrN5O4. The maximum absolute atomic E-state index is 14.5. The highest BCUT2D eigenvalue weighted by Gasteiger charge is 2.50. The van der Waals surface area contributed by atoms with Gasteiger partial charge in [-0.15, -0.1) is 0 Å². The van der Waals surface area contributed by atoms with Crippen molar-refractivity contribution in [1.29, 1.82) is 0 Å². The molecule has 41 heavy (non-hydrogen) atoms. The van der Waals surface area contributed by atoms with Gasteiger partial charge in [-0.25, -0.2) is 0 Å². The zero-order valence-electron chi connectivity index (χ0n) is 22.3. The molecule has 9 nitrogen and oxygen atoms in total. The number of hydrogen-bond acceptors (Lipinski definition) is 5. The van der Waals surface area contributed by atoms with E-state index in [0.29, 0.717) is 32.6 Å². The van der Waals surface area contributed by atoms with Crippen molar-refractivity contribution in [3.05, 3.63) is 102 Å². The van der Waals surface area contributed by atoms with Gasteiger partial charge in [-0.1, -0.05) is 18.2 Å². The number of nitro groups is 1. The van der Waals surface area contributed by atoms with Crippen LogP contribution >= 0.6 is 15.9 Å². The molecule has 4 aliphatic rings. The first-order chi connectivity index (χ1) is 19.9. The predicted molar refractivity (Wildman–Crippen MR) is 158 cm³/mol. The summed E-state index contributed by atoms with van der Waals surface area (Å²) in [6.07, 6.45) is 2.13. The average Bonchev–Trinajstić information content (AvgIpc) is 3.36. The van der Waals surface area contributed by atoms with Crippen molar-refractivity contribution in [2.24, 2.45) is 11.8 Å². The molecule has 1 saturated heterocycles. The summed E-state index contributed by atoms with van der Waals surface area (Å²) in [5, 5.41) is 12.8. The van der Waals surface area contributed by atoms with E-state index in [9.17, 15) is 19.7 Å². The number of amides is 1. The molecule has 2 bridgehead atoms. The lowest BCUT2D eigenvalue weighted by atomic mass is 9.69. The fourth-order valence-electron chi connectivity index (χ4n) is 8.06. The number of aromatic amines is 1. The number of pyridine rings is 1. The van der Waals surface area contributed by atoms with Crippen molar-refractivity contribution < 1.29 is 9.72 Å². The van der Waals surface area contributed by atoms with E-state index in [1.807, 2.05) is 39.8 Å². The van der Waals surface area contributed by atoms with E-state index in [0.717, 1.165) is 50.7 Å². The molecule has 0 spiro atoms. The summed E-state index contributed by atoms with van der Waals surface area (Å²) in [7, 11) is 0. The second-order valence-electron chi connectivity index (χ2n) is 11.9. The lowest BCUT2D eigenvalue weighted by Crippen LogP contribution is -2.61. The number of nitrogens with zero attached hydrogens (tertiary/aromatic N) is 4. The van der Waals surface area contributed by atoms with Crippen molar-refractivity contribution in [2.75, 3.05) is 18.0 Å². The number of nitro benzene ring substituents is 1. The highest BCUT2D eigenvalue weighted by atomic mass is 79.9. The molecule has 4 unspecified atom stereocenters. The number of benzene rings is 2. The molecular weight excluding hydrogens is 586 g/mol. The summed E-state index contributed by atoms with van der Waals surface area (Å²) in [6, 6.07) is 16.6. The number of nitrogens with one attached hydrogen (secondary N) is 1. The van der Waals surface area contributed by atoms with Crippen molar-refractivity contribution in [2.45, 2.75) is 44.3 Å². The van der Waals surface area contributed by atoms with E-state index in [1.54, 1.807) is 18.2 Å². The minimum Gasteiger partial charge on any atom is -0.366 e. The molecule has 1 fully saturated rings. The van der Waals surface area contributed by atoms with Crippen LogP contribution in [0.5, 0.6) is 0 Å². The topological polar surface area (TPSA) is 104 Å². The zero-order chi connectivity index (χ0) is 28.0. The number of anilines is 1. The number of fused-ring (bicyclic) bond motifs is 11. The van der Waals surface area contributed by atoms with E-state index in [2.05, 4.69) is 31.9 Å². The van der Waals surface area contributed by atoms with Crippen LogP contribution in [0.4, 0.5) is 11.4 Å². The van der Waals surface area contributed by atoms with Gasteiger partial charge in [-0.3, -0.25) is 19.7 Å². The summed E-state index contributed by atoms with van der Waals surface area (Å²) in [6.45, 7) is 2.42. The molecule has 4 aromatic rings. The fraction of sp³-hybridized carbons (Fsp3) is 0.355. The second kappa shape index (κ2) is 9.04. The van der Waals surface area contributed by atoms with Crippen LogP contribution in [0.2, 0.25) is 0 Å². The summed E-state index contributed by atoms with van der Waals surface area (Å²) >= 11 is 3.65. The van der Waals surface area contributed by atoms with Gasteiger partial charge >= 0.3 is 0 Å². The lowest BCUT2D eigenvalue weighted by molar-refractivity contribution is -0.384. The Morgan fingerprint density at radius 1 is 1.10 bits per heavy atom. The Morgan fingerprint density at radius 2 is 1.95 bits per heavy atom. The normalized spacial score (nSPS) is 24.3. The zero-order valence-corrected chi connectivity index (χ0v) is 23.8. The second-order valence-corrected chi connectivity index (χ2v) is 12.7. The Balaban J connectivity index is 1.20. The van der Waals surface area contributed by atoms with Crippen LogP contribution < -0.4 is 10.5 Å². The molecule has 2 aromatic heterocycles. The van der Waals surface area contributed by atoms with E-state index in [-0.39, 0.29) is 45.9 Å². The van der Waals surface area contributed by atoms with Gasteiger partial charge < -0.3 is 19.4 Å². The monoisotopic (exact) mass is 613 g/mol. The molecule has 2 aromatic carbocycles. The molecule has 208 valence electrons. The van der Waals surface area contributed by atoms with Crippen LogP contribution in [0.15, 0.2) is 63.9 Å². The fourth-order valence-corrected chi connectivity index (χ4v) is 8.53. The van der Waals surface area contributed by atoms with Crippen LogP contribution in [-0.2, 0) is 30.7 Å². The Bertz CT molecular complexity index is 1830. The number of non-ortho nitro benzene ring substituents is 1. The van der Waals surface area contributed by atoms with Crippen LogP contribution in [0, 0.1) is 22.0 Å². The summed E-state index contributed by atoms with van der Waals surface area (Å²) in [5.74, 6) is 0.0350. The van der Waals surface area contributed by atoms with Gasteiger partial charge in [0.15, 0.2) is 0 Å². The number of para-hydroxylation sites is 1. The minimum absolute atomic E-state index is 0.00872. The number of carbonyl (C=O) groups excluding carboxylic acids is 1. The van der Waals surface area contributed by atoms with E-state index in [1.165, 1.54) is 5.69 Å². The standard InChI is InChI=1S/C31H28BrN5O4/c32-24-4-1-3-21-23-16-34(10-9-25(23)33-29(21)24)31(39)22-13-17-12-20(37(40)41)7-8-27(17)36-14-18-11-19(30(22)36)15-35-26(18)5-2-6-28(35)38/h1-8,12,18-19,22,30,33H,9-11,13-16H2. The highest BCUT2D eigenvalue weighted by Crippen LogP contribution is 2.48. The SMILES string of the molecule is O=C(C1Cc2cc([N+](=O)[O-])ccc2N2CC3CC(Cn4c3cccc4=O)C12)N1CCc2[nH]c3c(Br)cccc3c2C1. The van der Waals surface area contributed by atoms with Gasteiger partial charge in [0.1, 0.15) is 0 Å². The molecule has 0 aliphatic carbocycles. The van der Waals surface area contributed by atoms with Crippen LogP contribution in [0.1, 0.15) is 34.9 Å². The van der Waals surface area contributed by atoms with Gasteiger partial charge in [-0.05, 0) is 58.5 Å². The molecule has 1 amide bonds. The molecule has 10 heteroatoms. The molecule has 4 aliphatic heterocycles. The number of hydrogen-bond donors (Lipinski definition) is 1. The first kappa shape index (κ1) is 24.8. The quantitative estimate of drug-likeness (QED) is 0.259. The first-order valence-electron chi connectivity index (χ1n) is 14.2. The maximum Gasteiger partial charge on any atom is 0.269 e. The summed E-state index contributed by atoms with van der Waals surface area (Å²) < 4.78 is 2.91. The Labute approximate surface area is 244 Å². The molecule has 0 radical (unpaired) electrons. The van der Waals surface area contributed by atoms with E-state index < -0.39 is 0 Å². The Morgan fingerprint density at radius 3 is 2.80 bits per heavy atom. The number of H-pyrrole nitrogens is 1. The van der Waals surface area contributed by atoms with Crippen molar-refractivity contribution in [1.82, 2.24) is 14.5 Å². The molecule has 0 saturated carbocycles. The number of carbonyl (C=O) groups is 1. The molecule has 4 atom stereocenters. The highest BCUT2D eigenvalue weighted by molar-refractivity contribution is 9.10. The van der Waals surface area contributed by atoms with Crippen LogP contribution in [0.25, 0.3) is 10.9 Å². The largest absolute Gasteiger partial charge is 0.366 e. The van der Waals surface area contributed by atoms with Crippen molar-refractivity contribution in [3.63, 3.8) is 0 Å². The lowest BCUT2D eigenvalue weighted by Gasteiger charge is -2.54. The molecule has 1 N–H and O–H groups in total. The van der Waals surface area contributed by atoms with Crippen LogP contribution in [0.3, 0.4) is 0 Å². The third-order valence-electron chi connectivity index (χ3n) is 9.79. The number of halogens is 1. The van der Waals surface area contributed by atoms with E-state index in [4.69, 9.17) is 0 Å². The number of aromatic nitrogens is 2. The predicted octanol–water partition coefficient (Wildman–Crippen LogP) is 4.75. The smallest absolute Gasteiger partial charge is 0.269 e.